The van der Waals surface area contributed by atoms with Gasteiger partial charge in [0.05, 0.1) is 13.2 Å². The largest absolute Gasteiger partial charge is 0.344 e. The molecule has 0 aromatic heterocycles. The molecule has 1 atom stereocenters. The van der Waals surface area contributed by atoms with Crippen molar-refractivity contribution in [3.05, 3.63) is 24.8 Å². The van der Waals surface area contributed by atoms with Gasteiger partial charge in [-0.3, -0.25) is 0 Å². The van der Waals surface area contributed by atoms with E-state index in [2.05, 4.69) is 6.58 Å². The van der Waals surface area contributed by atoms with Crippen molar-refractivity contribution in [1.82, 2.24) is 0 Å². The average molecular weight is 208 g/mol. The van der Waals surface area contributed by atoms with Crippen LogP contribution in [0.15, 0.2) is 24.8 Å². The van der Waals surface area contributed by atoms with Crippen molar-refractivity contribution in [2.45, 2.75) is 25.0 Å². The Kier molecular flexibility index (Phi) is 2.76. The van der Waals surface area contributed by atoms with Crippen LogP contribution in [0.4, 0.5) is 0 Å². The zero-order valence-corrected chi connectivity index (χ0v) is 8.78. The monoisotopic (exact) mass is 208 g/mol. The molecule has 0 amide bonds. The van der Waals surface area contributed by atoms with E-state index in [0.29, 0.717) is 19.6 Å². The van der Waals surface area contributed by atoms with Crippen LogP contribution in [0.3, 0.4) is 0 Å². The van der Waals surface area contributed by atoms with Gasteiger partial charge in [0.1, 0.15) is 6.29 Å². The first-order chi connectivity index (χ1) is 7.24. The minimum Gasteiger partial charge on any atom is -0.344 e. The lowest BCUT2D eigenvalue weighted by Gasteiger charge is -2.34. The van der Waals surface area contributed by atoms with Crippen molar-refractivity contribution in [1.29, 1.82) is 0 Å². The Morgan fingerprint density at radius 1 is 1.27 bits per heavy atom. The lowest BCUT2D eigenvalue weighted by Crippen LogP contribution is -2.36. The second-order valence-electron chi connectivity index (χ2n) is 4.19. The third-order valence-electron chi connectivity index (χ3n) is 3.14. The van der Waals surface area contributed by atoms with E-state index in [9.17, 15) is 4.79 Å². The number of ether oxygens (including phenoxy) is 2. The number of allylic oxidation sites excluding steroid dienone is 2. The van der Waals surface area contributed by atoms with Crippen LogP contribution in [0.1, 0.15) is 19.3 Å². The Labute approximate surface area is 89.8 Å². The lowest BCUT2D eigenvalue weighted by molar-refractivity contribution is -0.135. The lowest BCUT2D eigenvalue weighted by atomic mass is 9.76. The maximum Gasteiger partial charge on any atom is 0.188 e. The molecule has 1 heterocycles. The van der Waals surface area contributed by atoms with Gasteiger partial charge in [0.25, 0.3) is 0 Å². The van der Waals surface area contributed by atoms with E-state index in [1.54, 1.807) is 6.08 Å². The topological polar surface area (TPSA) is 35.5 Å². The molecule has 15 heavy (non-hydrogen) atoms. The molecular weight excluding hydrogens is 192 g/mol. The Morgan fingerprint density at radius 2 is 2.00 bits per heavy atom. The van der Waals surface area contributed by atoms with Gasteiger partial charge < -0.3 is 14.3 Å². The zero-order chi connectivity index (χ0) is 10.8. The molecule has 1 saturated heterocycles. The normalized spacial score (nSPS) is 33.1. The fourth-order valence-electron chi connectivity index (χ4n) is 2.16. The highest BCUT2D eigenvalue weighted by Gasteiger charge is 2.41. The quantitative estimate of drug-likeness (QED) is 0.524. The molecule has 1 aliphatic carbocycles. The summed E-state index contributed by atoms with van der Waals surface area (Å²) in [5.74, 6) is -0.548. The van der Waals surface area contributed by atoms with Gasteiger partial charge in [0, 0.05) is 11.8 Å². The molecule has 0 N–H and O–H groups in total. The standard InChI is InChI=1S/C12H16O3/c1-2-3-11(10-13)4-6-12(7-5-11)14-8-9-15-12/h2,4,6,10H,1,3,5,7-9H2. The Hall–Kier alpha value is -0.930. The van der Waals surface area contributed by atoms with Crippen LogP contribution < -0.4 is 0 Å². The van der Waals surface area contributed by atoms with Crippen LogP contribution in [0.5, 0.6) is 0 Å². The predicted molar refractivity (Wildman–Crippen MR) is 56.3 cm³/mol. The number of aldehydes is 1. The molecule has 1 unspecified atom stereocenters. The van der Waals surface area contributed by atoms with Crippen LogP contribution >= 0.6 is 0 Å². The molecule has 0 aromatic carbocycles. The number of hydrogen-bond acceptors (Lipinski definition) is 3. The van der Waals surface area contributed by atoms with Crippen LogP contribution in [0, 0.1) is 5.41 Å². The molecule has 82 valence electrons. The van der Waals surface area contributed by atoms with E-state index in [-0.39, 0.29) is 5.41 Å². The first-order valence-corrected chi connectivity index (χ1v) is 5.30. The maximum absolute atomic E-state index is 11.1. The van der Waals surface area contributed by atoms with Gasteiger partial charge in [-0.1, -0.05) is 12.2 Å². The zero-order valence-electron chi connectivity index (χ0n) is 8.78. The third-order valence-corrected chi connectivity index (χ3v) is 3.14. The molecule has 2 rings (SSSR count). The van der Waals surface area contributed by atoms with Crippen LogP contribution in [-0.2, 0) is 14.3 Å². The van der Waals surface area contributed by atoms with E-state index < -0.39 is 5.79 Å². The number of carbonyl (C=O) groups excluding carboxylic acids is 1. The summed E-state index contributed by atoms with van der Waals surface area (Å²) in [6, 6.07) is 0. The van der Waals surface area contributed by atoms with Crippen molar-refractivity contribution in [3.8, 4) is 0 Å². The molecule has 1 fully saturated rings. The Balaban J connectivity index is 2.15. The summed E-state index contributed by atoms with van der Waals surface area (Å²) in [6.07, 6.45) is 8.79. The minimum atomic E-state index is -0.548. The van der Waals surface area contributed by atoms with Gasteiger partial charge in [0.15, 0.2) is 5.79 Å². The van der Waals surface area contributed by atoms with Gasteiger partial charge in [-0.25, -0.2) is 0 Å². The fourth-order valence-corrected chi connectivity index (χ4v) is 2.16. The molecule has 3 nitrogen and oxygen atoms in total. The van der Waals surface area contributed by atoms with Crippen molar-refractivity contribution < 1.29 is 14.3 Å². The number of rotatable bonds is 3. The first-order valence-electron chi connectivity index (χ1n) is 5.30. The van der Waals surface area contributed by atoms with Crippen molar-refractivity contribution in [2.24, 2.45) is 5.41 Å². The van der Waals surface area contributed by atoms with Crippen molar-refractivity contribution >= 4 is 6.29 Å². The van der Waals surface area contributed by atoms with E-state index in [4.69, 9.17) is 9.47 Å². The summed E-state index contributed by atoms with van der Waals surface area (Å²) in [7, 11) is 0. The molecular formula is C12H16O3. The summed E-state index contributed by atoms with van der Waals surface area (Å²) >= 11 is 0. The number of carbonyl (C=O) groups is 1. The second kappa shape index (κ2) is 3.91. The molecule has 1 aliphatic heterocycles. The summed E-state index contributed by atoms with van der Waals surface area (Å²) in [4.78, 5) is 11.1. The Bertz CT molecular complexity index is 289. The first kappa shape index (κ1) is 10.6. The van der Waals surface area contributed by atoms with Gasteiger partial charge in [0.2, 0.25) is 0 Å². The van der Waals surface area contributed by atoms with E-state index in [0.717, 1.165) is 19.1 Å². The summed E-state index contributed by atoms with van der Waals surface area (Å²) in [5.41, 5.74) is -0.387. The maximum atomic E-state index is 11.1. The van der Waals surface area contributed by atoms with Crippen molar-refractivity contribution in [3.63, 3.8) is 0 Å². The molecule has 0 radical (unpaired) electrons. The Morgan fingerprint density at radius 3 is 2.47 bits per heavy atom. The van der Waals surface area contributed by atoms with Gasteiger partial charge in [-0.2, -0.15) is 0 Å². The second-order valence-corrected chi connectivity index (χ2v) is 4.19. The average Bonchev–Trinajstić information content (AvgIpc) is 2.72. The van der Waals surface area contributed by atoms with Gasteiger partial charge >= 0.3 is 0 Å². The van der Waals surface area contributed by atoms with E-state index in [1.807, 2.05) is 12.2 Å². The highest BCUT2D eigenvalue weighted by molar-refractivity contribution is 5.63. The highest BCUT2D eigenvalue weighted by atomic mass is 16.7. The molecule has 0 saturated carbocycles. The molecule has 1 spiro atoms. The number of hydrogen-bond donors (Lipinski definition) is 0. The minimum absolute atomic E-state index is 0.387. The SMILES string of the molecule is C=CCC1(C=O)C=CC2(CC1)OCCO2. The van der Waals surface area contributed by atoms with Gasteiger partial charge in [-0.15, -0.1) is 6.58 Å². The predicted octanol–water partition coefficient (Wildman–Crippen LogP) is 1.84. The smallest absolute Gasteiger partial charge is 0.188 e. The van der Waals surface area contributed by atoms with E-state index in [1.165, 1.54) is 0 Å². The van der Waals surface area contributed by atoms with E-state index >= 15 is 0 Å². The van der Waals surface area contributed by atoms with Crippen LogP contribution in [-0.4, -0.2) is 25.3 Å². The summed E-state index contributed by atoms with van der Waals surface area (Å²) < 4.78 is 11.1. The van der Waals surface area contributed by atoms with Crippen LogP contribution in [0.2, 0.25) is 0 Å². The molecule has 2 aliphatic rings. The fraction of sp³-hybridized carbons (Fsp3) is 0.583. The third kappa shape index (κ3) is 1.90. The van der Waals surface area contributed by atoms with Gasteiger partial charge in [-0.05, 0) is 18.9 Å². The summed E-state index contributed by atoms with van der Waals surface area (Å²) in [5, 5.41) is 0. The van der Waals surface area contributed by atoms with Crippen molar-refractivity contribution in [2.75, 3.05) is 13.2 Å². The molecule has 3 heteroatoms. The molecule has 0 aromatic rings. The highest BCUT2D eigenvalue weighted by Crippen LogP contribution is 2.40. The summed E-state index contributed by atoms with van der Waals surface area (Å²) in [6.45, 7) is 4.96. The van der Waals surface area contributed by atoms with Crippen LogP contribution in [0.25, 0.3) is 0 Å². The molecule has 0 bridgehead atoms.